The van der Waals surface area contributed by atoms with Gasteiger partial charge in [-0.3, -0.25) is 14.4 Å². The van der Waals surface area contributed by atoms with Crippen molar-refractivity contribution in [3.63, 3.8) is 0 Å². The number of para-hydroxylation sites is 1. The van der Waals surface area contributed by atoms with Gasteiger partial charge >= 0.3 is 5.97 Å². The molecule has 1 unspecified atom stereocenters. The number of ether oxygens (including phenoxy) is 2. The summed E-state index contributed by atoms with van der Waals surface area (Å²) in [5, 5.41) is 19.1. The first-order valence-corrected chi connectivity index (χ1v) is 14.5. The predicted molar refractivity (Wildman–Crippen MR) is 148 cm³/mol. The Labute approximate surface area is 238 Å². The molecule has 4 aliphatic rings. The van der Waals surface area contributed by atoms with Gasteiger partial charge in [0.05, 0.1) is 30.7 Å². The van der Waals surface area contributed by atoms with Crippen molar-refractivity contribution in [2.75, 3.05) is 19.8 Å². The van der Waals surface area contributed by atoms with Crippen molar-refractivity contribution < 1.29 is 29.0 Å². The minimum Gasteiger partial charge on any atom is -0.465 e. The molecule has 1 spiro atoms. The lowest BCUT2D eigenvalue weighted by Gasteiger charge is -2.42. The molecule has 0 aliphatic carbocycles. The second-order valence-electron chi connectivity index (χ2n) is 11.5. The number of aromatic nitrogens is 3. The third kappa shape index (κ3) is 4.04. The third-order valence-electron chi connectivity index (χ3n) is 9.49. The van der Waals surface area contributed by atoms with E-state index in [4.69, 9.17) is 9.47 Å². The maximum atomic E-state index is 14.7. The average Bonchev–Trinajstić information content (AvgIpc) is 3.55. The van der Waals surface area contributed by atoms with Crippen LogP contribution in [0.4, 0.5) is 0 Å². The molecule has 2 fully saturated rings. The van der Waals surface area contributed by atoms with Crippen LogP contribution in [0, 0.1) is 17.8 Å². The molecule has 0 bridgehead atoms. The fourth-order valence-electron chi connectivity index (χ4n) is 7.20. The standard InChI is InChI=1S/C30H37N5O6/c1-4-19(3)22(17-36)35-25-27(38)33(18-34-21-12-7-6-11-20(21)31-32-34)15-10-14-30(25)23(26(35)37)24-28(39)40-16-9-8-13-29(24,5-2)41-30/h6-8,10-14,19,22-25,36H,4-5,9,15-18H2,1-3H3/t19-,22-,23-,24+,25?,29-,30-/m0/s1. The van der Waals surface area contributed by atoms with Crippen LogP contribution in [0.3, 0.4) is 0 Å². The zero-order valence-corrected chi connectivity index (χ0v) is 23.7. The number of esters is 1. The van der Waals surface area contributed by atoms with E-state index in [-0.39, 0.29) is 44.2 Å². The molecule has 0 radical (unpaired) electrons. The zero-order chi connectivity index (χ0) is 28.9. The molecular weight excluding hydrogens is 526 g/mol. The Kier molecular flexibility index (Phi) is 6.97. The number of nitrogens with zero attached hydrogens (tertiary/aromatic N) is 5. The normalized spacial score (nSPS) is 32.7. The van der Waals surface area contributed by atoms with Crippen molar-refractivity contribution in [1.82, 2.24) is 24.8 Å². The molecule has 1 aromatic heterocycles. The van der Waals surface area contributed by atoms with Crippen molar-refractivity contribution in [2.45, 2.75) is 70.0 Å². The number of carbonyl (C=O) groups excluding carboxylic acids is 3. The van der Waals surface area contributed by atoms with Crippen LogP contribution in [0.2, 0.25) is 0 Å². The van der Waals surface area contributed by atoms with E-state index >= 15 is 0 Å². The highest BCUT2D eigenvalue weighted by atomic mass is 16.6. The van der Waals surface area contributed by atoms with Gasteiger partial charge in [0.1, 0.15) is 35.3 Å². The molecule has 41 heavy (non-hydrogen) atoms. The fraction of sp³-hybridized carbons (Fsp3) is 0.567. The summed E-state index contributed by atoms with van der Waals surface area (Å²) in [5.41, 5.74) is -1.03. The number of aliphatic hydroxyl groups excluding tert-OH is 1. The van der Waals surface area contributed by atoms with Gasteiger partial charge in [0.25, 0.3) is 5.91 Å². The van der Waals surface area contributed by atoms with Crippen molar-refractivity contribution in [3.8, 4) is 0 Å². The summed E-state index contributed by atoms with van der Waals surface area (Å²) in [7, 11) is 0. The molecule has 0 saturated carbocycles. The highest BCUT2D eigenvalue weighted by Crippen LogP contribution is 2.58. The second-order valence-corrected chi connectivity index (χ2v) is 11.5. The second kappa shape index (κ2) is 10.4. The molecule has 1 aromatic carbocycles. The summed E-state index contributed by atoms with van der Waals surface area (Å²) in [6.45, 7) is 6.11. The van der Waals surface area contributed by atoms with Crippen LogP contribution < -0.4 is 0 Å². The number of cyclic esters (lactones) is 1. The molecule has 11 heteroatoms. The molecule has 11 nitrogen and oxygen atoms in total. The van der Waals surface area contributed by atoms with Crippen molar-refractivity contribution in [2.24, 2.45) is 17.8 Å². The first-order chi connectivity index (χ1) is 19.8. The van der Waals surface area contributed by atoms with Crippen molar-refractivity contribution in [1.29, 1.82) is 0 Å². The summed E-state index contributed by atoms with van der Waals surface area (Å²) in [6, 6.07) is 5.79. The van der Waals surface area contributed by atoms with Crippen molar-refractivity contribution in [3.05, 3.63) is 48.6 Å². The van der Waals surface area contributed by atoms with Gasteiger partial charge in [0.15, 0.2) is 0 Å². The van der Waals surface area contributed by atoms with Crippen molar-refractivity contribution >= 4 is 28.8 Å². The Morgan fingerprint density at radius 3 is 2.66 bits per heavy atom. The van der Waals surface area contributed by atoms with Gasteiger partial charge in [-0.25, -0.2) is 4.68 Å². The molecule has 1 N–H and O–H groups in total. The van der Waals surface area contributed by atoms with E-state index in [2.05, 4.69) is 10.3 Å². The highest BCUT2D eigenvalue weighted by Gasteiger charge is 2.76. The van der Waals surface area contributed by atoms with E-state index < -0.39 is 41.1 Å². The first-order valence-electron chi connectivity index (χ1n) is 14.5. The molecule has 6 rings (SSSR count). The maximum absolute atomic E-state index is 14.7. The Morgan fingerprint density at radius 2 is 1.90 bits per heavy atom. The number of benzene rings is 1. The zero-order valence-electron chi connectivity index (χ0n) is 23.7. The van der Waals surface area contributed by atoms with Gasteiger partial charge in [0, 0.05) is 6.54 Å². The third-order valence-corrected chi connectivity index (χ3v) is 9.49. The summed E-state index contributed by atoms with van der Waals surface area (Å²) in [4.78, 5) is 45.9. The lowest BCUT2D eigenvalue weighted by Crippen LogP contribution is -2.60. The summed E-state index contributed by atoms with van der Waals surface area (Å²) < 4.78 is 14.2. The monoisotopic (exact) mass is 563 g/mol. The first kappa shape index (κ1) is 27.6. The van der Waals surface area contributed by atoms with Gasteiger partial charge in [-0.05, 0) is 30.9 Å². The number of fused-ring (bicyclic) bond motifs is 3. The van der Waals surface area contributed by atoms with E-state index in [0.717, 1.165) is 5.52 Å². The molecule has 218 valence electrons. The summed E-state index contributed by atoms with van der Waals surface area (Å²) >= 11 is 0. The molecule has 2 saturated heterocycles. The average molecular weight is 564 g/mol. The smallest absolute Gasteiger partial charge is 0.313 e. The quantitative estimate of drug-likeness (QED) is 0.401. The summed E-state index contributed by atoms with van der Waals surface area (Å²) in [5.74, 6) is -3.20. The minimum atomic E-state index is -1.41. The largest absolute Gasteiger partial charge is 0.465 e. The number of carbonyl (C=O) groups is 3. The Hall–Kier alpha value is -3.57. The maximum Gasteiger partial charge on any atom is 0.313 e. The number of likely N-dealkylation sites (tertiary alicyclic amines) is 1. The molecule has 4 aliphatic heterocycles. The lowest BCUT2D eigenvalue weighted by molar-refractivity contribution is -0.164. The topological polar surface area (TPSA) is 127 Å². The molecule has 2 aromatic rings. The molecule has 2 amide bonds. The van der Waals surface area contributed by atoms with Gasteiger partial charge in [-0.1, -0.05) is 68.8 Å². The van der Waals surface area contributed by atoms with Crippen LogP contribution in [0.15, 0.2) is 48.6 Å². The Bertz CT molecular complexity index is 1420. The van der Waals surface area contributed by atoms with Gasteiger partial charge in [-0.15, -0.1) is 5.10 Å². The van der Waals surface area contributed by atoms with E-state index in [9.17, 15) is 19.5 Å². The summed E-state index contributed by atoms with van der Waals surface area (Å²) in [6.07, 6.45) is 9.12. The molecule has 5 heterocycles. The van der Waals surface area contributed by atoms with E-state index in [1.54, 1.807) is 9.58 Å². The van der Waals surface area contributed by atoms with Crippen LogP contribution in [0.25, 0.3) is 11.0 Å². The molecular formula is C30H37N5O6. The van der Waals surface area contributed by atoms with Crippen LogP contribution >= 0.6 is 0 Å². The predicted octanol–water partition coefficient (Wildman–Crippen LogP) is 2.06. The lowest BCUT2D eigenvalue weighted by atomic mass is 9.73. The minimum absolute atomic E-state index is 0.104. The van der Waals surface area contributed by atoms with Crippen LogP contribution in [0.1, 0.15) is 40.0 Å². The number of amides is 2. The Balaban J connectivity index is 1.48. The number of hydrogen-bond donors (Lipinski definition) is 1. The van der Waals surface area contributed by atoms with E-state index in [0.29, 0.717) is 24.8 Å². The number of hydrogen-bond acceptors (Lipinski definition) is 8. The van der Waals surface area contributed by atoms with Crippen LogP contribution in [-0.4, -0.2) is 90.7 Å². The number of aliphatic hydroxyl groups is 1. The Morgan fingerprint density at radius 1 is 1.10 bits per heavy atom. The molecule has 7 atom stereocenters. The van der Waals surface area contributed by atoms with Gasteiger partial charge < -0.3 is 24.4 Å². The fourth-order valence-corrected chi connectivity index (χ4v) is 7.20. The SMILES string of the molecule is CC[C@H](C)[C@H](CO)N1C(=O)[C@@H]2[C@@H]3C(=O)OCCC=C[C@]3(CC)O[C@@]23C=CCN(Cn2nnc4ccccc42)C(=O)C13. The van der Waals surface area contributed by atoms with Crippen LogP contribution in [-0.2, 0) is 30.5 Å². The van der Waals surface area contributed by atoms with Gasteiger partial charge in [0.2, 0.25) is 5.91 Å². The van der Waals surface area contributed by atoms with E-state index in [1.165, 1.54) is 4.90 Å². The van der Waals surface area contributed by atoms with E-state index in [1.807, 2.05) is 69.3 Å². The van der Waals surface area contributed by atoms with Crippen LogP contribution in [0.5, 0.6) is 0 Å². The van der Waals surface area contributed by atoms with Gasteiger partial charge in [-0.2, -0.15) is 0 Å². The number of rotatable bonds is 7. The highest BCUT2D eigenvalue weighted by molar-refractivity contribution is 5.99.